The Morgan fingerprint density at radius 1 is 1.45 bits per heavy atom. The number of hydrogen-bond acceptors (Lipinski definition) is 6. The molecule has 119 valence electrons. The minimum atomic E-state index is -0.742. The maximum absolute atomic E-state index is 10.1. The fourth-order valence-corrected chi connectivity index (χ4v) is 1.69. The second-order valence-electron chi connectivity index (χ2n) is 4.52. The zero-order valence-corrected chi connectivity index (χ0v) is 12.3. The van der Waals surface area contributed by atoms with E-state index in [1.165, 1.54) is 0 Å². The first-order valence-corrected chi connectivity index (χ1v) is 6.64. The van der Waals surface area contributed by atoms with Gasteiger partial charge in [-0.25, -0.2) is 15.1 Å². The molecule has 3 radical (unpaired) electrons. The van der Waals surface area contributed by atoms with Gasteiger partial charge in [-0.15, -0.1) is 0 Å². The van der Waals surface area contributed by atoms with Crippen molar-refractivity contribution >= 4 is 14.4 Å². The molecule has 22 heavy (non-hydrogen) atoms. The quantitative estimate of drug-likeness (QED) is 0.114. The van der Waals surface area contributed by atoms with Gasteiger partial charge < -0.3 is 16.8 Å². The third kappa shape index (κ3) is 9.67. The molecule has 0 aromatic carbocycles. The van der Waals surface area contributed by atoms with Gasteiger partial charge >= 0.3 is 0 Å². The van der Waals surface area contributed by atoms with Crippen LogP contribution in [0.3, 0.4) is 0 Å². The van der Waals surface area contributed by atoms with Crippen molar-refractivity contribution in [1.82, 2.24) is 15.7 Å². The van der Waals surface area contributed by atoms with Crippen LogP contribution in [-0.2, 0) is 6.54 Å². The number of nitrogens with two attached hydrogens (primary N) is 2. The number of guanidine groups is 1. The zero-order valence-electron chi connectivity index (χ0n) is 12.3. The summed E-state index contributed by atoms with van der Waals surface area (Å²) in [6.07, 6.45) is 4.98. The van der Waals surface area contributed by atoms with Crippen LogP contribution in [0.4, 0.5) is 0 Å². The van der Waals surface area contributed by atoms with Gasteiger partial charge in [-0.3, -0.25) is 4.98 Å². The normalized spacial score (nSPS) is 12.3. The number of hydrazine groups is 1. The molecule has 9 nitrogen and oxygen atoms in total. The molecule has 0 unspecified atom stereocenters. The Hall–Kier alpha value is -2.20. The van der Waals surface area contributed by atoms with E-state index < -0.39 is 5.03 Å². The number of nitrogens with zero attached hydrogens (tertiary/aromatic N) is 3. The van der Waals surface area contributed by atoms with Crippen molar-refractivity contribution in [3.8, 4) is 0 Å². The summed E-state index contributed by atoms with van der Waals surface area (Å²) in [7, 11) is 0. The molecule has 0 aliphatic rings. The predicted octanol–water partition coefficient (Wildman–Crippen LogP) is -1.01. The molecule has 0 aliphatic carbocycles. The molecule has 0 fully saturated rings. The average Bonchev–Trinajstić information content (AvgIpc) is 2.44. The number of nitrogens with one attached hydrogen (secondary N) is 2. The first-order chi connectivity index (χ1) is 10.1. The SMILES string of the molecule is NC(=NCCC[C@H](N)CNCc1ccncc1)N[N+](=O)[O-].[B]. The fraction of sp³-hybridized carbons (Fsp3) is 0.500. The lowest BCUT2D eigenvalue weighted by atomic mass is 10.1. The highest BCUT2D eigenvalue weighted by atomic mass is 16.7. The van der Waals surface area contributed by atoms with E-state index in [-0.39, 0.29) is 20.4 Å². The second-order valence-corrected chi connectivity index (χ2v) is 4.52. The number of aromatic nitrogens is 1. The minimum absolute atomic E-state index is 0. The highest BCUT2D eigenvalue weighted by Gasteiger charge is 2.03. The zero-order chi connectivity index (χ0) is 15.5. The third-order valence-electron chi connectivity index (χ3n) is 2.71. The molecular formula is C12H21BN7O2. The largest absolute Gasteiger partial charge is 0.365 e. The Balaban J connectivity index is 0.00000441. The van der Waals surface area contributed by atoms with Gasteiger partial charge in [-0.1, -0.05) is 5.43 Å². The standard InChI is InChI=1S/C12H21N7O2.B/c13-11(2-1-5-17-12(14)18-19(20)21)9-16-8-10-3-6-15-7-4-10;/h3-4,6-7,11,16H,1-2,5,8-9,13H2,(H3,14,17,18);/t11-;/m0./s1. The van der Waals surface area contributed by atoms with Gasteiger partial charge in [-0.05, 0) is 30.5 Å². The molecule has 0 amide bonds. The van der Waals surface area contributed by atoms with Crippen molar-refractivity contribution in [2.45, 2.75) is 25.4 Å². The van der Waals surface area contributed by atoms with Crippen LogP contribution in [0.2, 0.25) is 0 Å². The molecule has 0 saturated carbocycles. The molecule has 0 spiro atoms. The van der Waals surface area contributed by atoms with Gasteiger partial charge in [0.15, 0.2) is 5.03 Å². The highest BCUT2D eigenvalue weighted by molar-refractivity contribution is 5.76. The summed E-state index contributed by atoms with van der Waals surface area (Å²) >= 11 is 0. The van der Waals surface area contributed by atoms with Crippen molar-refractivity contribution in [3.05, 3.63) is 40.2 Å². The maximum Gasteiger partial charge on any atom is 0.251 e. The highest BCUT2D eigenvalue weighted by Crippen LogP contribution is 1.97. The summed E-state index contributed by atoms with van der Waals surface area (Å²) in [6.45, 7) is 1.84. The Bertz CT molecular complexity index is 458. The Labute approximate surface area is 131 Å². The van der Waals surface area contributed by atoms with Crippen LogP contribution in [0.25, 0.3) is 0 Å². The molecule has 0 aliphatic heterocycles. The average molecular weight is 306 g/mol. The van der Waals surface area contributed by atoms with Crippen molar-refractivity contribution in [1.29, 1.82) is 0 Å². The third-order valence-corrected chi connectivity index (χ3v) is 2.71. The van der Waals surface area contributed by atoms with Gasteiger partial charge in [0.1, 0.15) is 0 Å². The number of rotatable bonds is 9. The molecule has 1 aromatic rings. The van der Waals surface area contributed by atoms with E-state index in [1.54, 1.807) is 17.8 Å². The van der Waals surface area contributed by atoms with E-state index in [0.29, 0.717) is 13.1 Å². The van der Waals surface area contributed by atoms with Gasteiger partial charge in [0, 0.05) is 46.5 Å². The molecule has 1 aromatic heterocycles. The molecule has 1 atom stereocenters. The molecule has 1 rings (SSSR count). The van der Waals surface area contributed by atoms with Crippen LogP contribution < -0.4 is 22.2 Å². The van der Waals surface area contributed by atoms with Gasteiger partial charge in [-0.2, -0.15) is 0 Å². The Morgan fingerprint density at radius 2 is 2.14 bits per heavy atom. The van der Waals surface area contributed by atoms with E-state index in [9.17, 15) is 10.1 Å². The van der Waals surface area contributed by atoms with Gasteiger partial charge in [0.05, 0.1) is 0 Å². The second kappa shape index (κ2) is 11.5. The number of pyridine rings is 1. The molecule has 6 N–H and O–H groups in total. The molecule has 0 saturated heterocycles. The summed E-state index contributed by atoms with van der Waals surface area (Å²) in [6, 6.07) is 3.89. The van der Waals surface area contributed by atoms with Gasteiger partial charge in [0.2, 0.25) is 0 Å². The van der Waals surface area contributed by atoms with Crippen LogP contribution in [-0.4, -0.2) is 43.5 Å². The molecular weight excluding hydrogens is 285 g/mol. The van der Waals surface area contributed by atoms with Crippen LogP contribution in [0.15, 0.2) is 29.5 Å². The summed E-state index contributed by atoms with van der Waals surface area (Å²) in [5.74, 6) is -0.190. The minimum Gasteiger partial charge on any atom is -0.365 e. The van der Waals surface area contributed by atoms with Crippen LogP contribution in [0.5, 0.6) is 0 Å². The molecule has 0 bridgehead atoms. The lowest BCUT2D eigenvalue weighted by molar-refractivity contribution is -0.525. The molecule has 1 heterocycles. The summed E-state index contributed by atoms with van der Waals surface area (Å²) in [5.41, 5.74) is 14.2. The van der Waals surface area contributed by atoms with Crippen LogP contribution >= 0.6 is 0 Å². The summed E-state index contributed by atoms with van der Waals surface area (Å²) in [4.78, 5) is 17.9. The molecule has 10 heteroatoms. The first-order valence-electron chi connectivity index (χ1n) is 6.64. The lowest BCUT2D eigenvalue weighted by Gasteiger charge is -2.12. The van der Waals surface area contributed by atoms with E-state index in [4.69, 9.17) is 11.5 Å². The number of nitro groups is 1. The summed E-state index contributed by atoms with van der Waals surface area (Å²) < 4.78 is 0. The number of hydrogen-bond donors (Lipinski definition) is 4. The van der Waals surface area contributed by atoms with Crippen molar-refractivity contribution in [2.75, 3.05) is 13.1 Å². The van der Waals surface area contributed by atoms with Crippen LogP contribution in [0.1, 0.15) is 18.4 Å². The van der Waals surface area contributed by atoms with E-state index >= 15 is 0 Å². The number of aliphatic imine (C=N–C) groups is 1. The van der Waals surface area contributed by atoms with Crippen molar-refractivity contribution in [2.24, 2.45) is 16.5 Å². The fourth-order valence-electron chi connectivity index (χ4n) is 1.69. The van der Waals surface area contributed by atoms with Crippen LogP contribution in [0, 0.1) is 10.1 Å². The Morgan fingerprint density at radius 3 is 2.77 bits per heavy atom. The Kier molecular flexibility index (Phi) is 10.3. The lowest BCUT2D eigenvalue weighted by Crippen LogP contribution is -2.36. The first kappa shape index (κ1) is 19.8. The van der Waals surface area contributed by atoms with E-state index in [0.717, 1.165) is 24.9 Å². The predicted molar refractivity (Wildman–Crippen MR) is 85.5 cm³/mol. The van der Waals surface area contributed by atoms with E-state index in [1.807, 2.05) is 12.1 Å². The van der Waals surface area contributed by atoms with Crippen molar-refractivity contribution < 1.29 is 5.03 Å². The monoisotopic (exact) mass is 306 g/mol. The summed E-state index contributed by atoms with van der Waals surface area (Å²) in [5, 5.41) is 12.6. The topological polar surface area (TPSA) is 144 Å². The van der Waals surface area contributed by atoms with E-state index in [2.05, 4.69) is 15.3 Å². The smallest absolute Gasteiger partial charge is 0.251 e. The maximum atomic E-state index is 10.1. The van der Waals surface area contributed by atoms with Gasteiger partial charge in [0.25, 0.3) is 5.96 Å². The van der Waals surface area contributed by atoms with Crippen molar-refractivity contribution in [3.63, 3.8) is 0 Å².